The molecule has 0 radical (unpaired) electrons. The molecule has 0 aliphatic carbocycles. The van der Waals surface area contributed by atoms with Crippen molar-refractivity contribution in [2.75, 3.05) is 13.7 Å². The number of carbonyl (C=O) groups is 2. The maximum absolute atomic E-state index is 12.7. The van der Waals surface area contributed by atoms with Gasteiger partial charge < -0.3 is 29.3 Å². The third kappa shape index (κ3) is 11.6. The highest BCUT2D eigenvalue weighted by molar-refractivity contribution is 7.83. The van der Waals surface area contributed by atoms with Gasteiger partial charge in [-0.05, 0) is 78.4 Å². The molecule has 0 fully saturated rings. The summed E-state index contributed by atoms with van der Waals surface area (Å²) in [5.41, 5.74) is 2.77. The van der Waals surface area contributed by atoms with Gasteiger partial charge in [0.25, 0.3) is 0 Å². The average Bonchev–Trinajstić information content (AvgIpc) is 2.96. The lowest BCUT2D eigenvalue weighted by Gasteiger charge is -2.11. The van der Waals surface area contributed by atoms with E-state index in [4.69, 9.17) is 9.47 Å². The summed E-state index contributed by atoms with van der Waals surface area (Å²) in [6.07, 6.45) is 9.71. The molecule has 0 bridgehead atoms. The summed E-state index contributed by atoms with van der Waals surface area (Å²) in [6, 6.07) is 17.7. The molecule has 0 amide bonds. The molecule has 8 nitrogen and oxygen atoms in total. The van der Waals surface area contributed by atoms with Crippen molar-refractivity contribution < 1.29 is 33.5 Å². The molecule has 9 heteroatoms. The molecule has 1 atom stereocenters. The Bertz CT molecular complexity index is 1340. The molecule has 218 valence electrons. The van der Waals surface area contributed by atoms with Crippen LogP contribution in [0.25, 0.3) is 6.08 Å². The van der Waals surface area contributed by atoms with Crippen molar-refractivity contribution in [3.63, 3.8) is 0 Å². The highest BCUT2D eigenvalue weighted by Crippen LogP contribution is 2.21. The van der Waals surface area contributed by atoms with Crippen LogP contribution in [0.4, 0.5) is 0 Å². The Morgan fingerprint density at radius 2 is 1.61 bits per heavy atom. The Kier molecular flexibility index (Phi) is 13.1. The van der Waals surface area contributed by atoms with Crippen LogP contribution in [0.1, 0.15) is 71.4 Å². The number of aromatic carboxylic acids is 1. The van der Waals surface area contributed by atoms with Crippen LogP contribution in [0.5, 0.6) is 11.5 Å². The second-order valence-corrected chi connectivity index (χ2v) is 11.1. The van der Waals surface area contributed by atoms with E-state index in [0.29, 0.717) is 29.3 Å². The topological polar surface area (TPSA) is 129 Å². The number of carboxylic acid groups (broad SMARTS) is 2. The maximum atomic E-state index is 12.7. The highest BCUT2D eigenvalue weighted by atomic mass is 32.2. The van der Waals surface area contributed by atoms with Crippen molar-refractivity contribution in [2.24, 2.45) is 0 Å². The van der Waals surface area contributed by atoms with Crippen molar-refractivity contribution in [3.05, 3.63) is 94.8 Å². The van der Waals surface area contributed by atoms with E-state index in [9.17, 15) is 24.0 Å². The highest BCUT2D eigenvalue weighted by Gasteiger charge is 2.10. The predicted octanol–water partition coefficient (Wildman–Crippen LogP) is 3.63. The molecule has 0 saturated heterocycles. The minimum atomic E-state index is -1.37. The van der Waals surface area contributed by atoms with Crippen LogP contribution in [0.3, 0.4) is 0 Å². The number of ether oxygens (including phenoxy) is 2. The number of methoxy groups -OCH3 is 1. The quantitative estimate of drug-likeness (QED) is 0.166. The molecule has 0 N–H and O–H groups in total. The third-order valence-corrected chi connectivity index (χ3v) is 7.67. The molecule has 0 saturated carbocycles. The first kappa shape index (κ1) is 31.5. The van der Waals surface area contributed by atoms with Crippen LogP contribution in [-0.4, -0.2) is 34.8 Å². The van der Waals surface area contributed by atoms with Gasteiger partial charge in [-0.2, -0.15) is 0 Å². The molecule has 0 aliphatic heterocycles. The standard InChI is InChI=1S/C32H37NO7S/c1-39-28-15-12-24(13-16-28)9-6-4-2-3-5-7-20-40-30-18-14-27(33-29(30)17-19-31(34)35)23-41(38)22-25-10-8-11-26(21-25)32(36)37/h8,10-19,21H,2-7,9,20,22-23H2,1H3,(H,34,35)(H,36,37)/p-2/b19-17+. The SMILES string of the molecule is COc1ccc(CCCCCCCCOc2ccc(CS(=O)Cc3cccc(C(=O)[O-])c3)nc2/C=C/C(=O)[O-])cc1. The number of unbranched alkanes of at least 4 members (excludes halogenated alkanes) is 5. The Morgan fingerprint density at radius 3 is 2.32 bits per heavy atom. The van der Waals surface area contributed by atoms with E-state index in [1.165, 1.54) is 30.2 Å². The number of aryl methyl sites for hydroxylation is 1. The third-order valence-electron chi connectivity index (χ3n) is 6.40. The van der Waals surface area contributed by atoms with Gasteiger partial charge in [-0.1, -0.05) is 56.0 Å². The molecule has 0 spiro atoms. The minimum Gasteiger partial charge on any atom is -0.545 e. The fourth-order valence-corrected chi connectivity index (χ4v) is 5.42. The zero-order chi connectivity index (χ0) is 29.5. The number of carboxylic acids is 2. The maximum Gasteiger partial charge on any atom is 0.144 e. The Morgan fingerprint density at radius 1 is 0.878 bits per heavy atom. The van der Waals surface area contributed by atoms with E-state index in [1.54, 1.807) is 31.4 Å². The summed E-state index contributed by atoms with van der Waals surface area (Å²) >= 11 is 0. The molecule has 3 aromatic rings. The first-order valence-corrected chi connectivity index (χ1v) is 15.1. The zero-order valence-electron chi connectivity index (χ0n) is 23.2. The first-order valence-electron chi connectivity index (χ1n) is 13.6. The number of hydrogen-bond donors (Lipinski definition) is 0. The van der Waals surface area contributed by atoms with Crippen LogP contribution in [0.2, 0.25) is 0 Å². The van der Waals surface area contributed by atoms with Gasteiger partial charge in [-0.25, -0.2) is 4.98 Å². The van der Waals surface area contributed by atoms with Crippen molar-refractivity contribution in [1.82, 2.24) is 4.98 Å². The van der Waals surface area contributed by atoms with Crippen molar-refractivity contribution in [3.8, 4) is 11.5 Å². The number of carbonyl (C=O) groups excluding carboxylic acids is 2. The Balaban J connectivity index is 1.43. The van der Waals surface area contributed by atoms with Crippen LogP contribution in [0.15, 0.2) is 66.7 Å². The van der Waals surface area contributed by atoms with Crippen LogP contribution >= 0.6 is 0 Å². The van der Waals surface area contributed by atoms with Crippen molar-refractivity contribution in [1.29, 1.82) is 0 Å². The summed E-state index contributed by atoms with van der Waals surface area (Å²) < 4.78 is 23.8. The normalized spacial score (nSPS) is 11.8. The number of benzene rings is 2. The molecule has 1 aromatic heterocycles. The van der Waals surface area contributed by atoms with Gasteiger partial charge in [-0.15, -0.1) is 0 Å². The van der Waals surface area contributed by atoms with Crippen LogP contribution in [-0.2, 0) is 33.5 Å². The van der Waals surface area contributed by atoms with Crippen LogP contribution < -0.4 is 19.7 Å². The molecule has 3 rings (SSSR count). The fourth-order valence-electron chi connectivity index (χ4n) is 4.28. The van der Waals surface area contributed by atoms with E-state index in [2.05, 4.69) is 17.1 Å². The predicted molar refractivity (Wildman–Crippen MR) is 154 cm³/mol. The zero-order valence-corrected chi connectivity index (χ0v) is 24.0. The largest absolute Gasteiger partial charge is 0.545 e. The van der Waals surface area contributed by atoms with E-state index in [0.717, 1.165) is 50.4 Å². The number of nitrogens with zero attached hydrogens (tertiary/aromatic N) is 1. The molecule has 2 aromatic carbocycles. The van der Waals surface area contributed by atoms with Gasteiger partial charge in [0, 0.05) is 16.6 Å². The van der Waals surface area contributed by atoms with Gasteiger partial charge in [0.2, 0.25) is 0 Å². The molecule has 0 aliphatic rings. The average molecular weight is 578 g/mol. The summed E-state index contributed by atoms with van der Waals surface area (Å²) in [5, 5.41) is 22.0. The summed E-state index contributed by atoms with van der Waals surface area (Å²) in [7, 11) is 0.297. The number of rotatable bonds is 18. The molecule has 1 heterocycles. The second-order valence-electron chi connectivity index (χ2n) is 9.62. The Labute approximate surface area is 243 Å². The van der Waals surface area contributed by atoms with Crippen molar-refractivity contribution in [2.45, 2.75) is 56.5 Å². The van der Waals surface area contributed by atoms with Gasteiger partial charge in [0.15, 0.2) is 0 Å². The molecule has 41 heavy (non-hydrogen) atoms. The smallest absolute Gasteiger partial charge is 0.144 e. The van der Waals surface area contributed by atoms with Gasteiger partial charge in [0.1, 0.15) is 17.2 Å². The van der Waals surface area contributed by atoms with Crippen LogP contribution in [0, 0.1) is 0 Å². The van der Waals surface area contributed by atoms with Gasteiger partial charge in [-0.3, -0.25) is 4.21 Å². The van der Waals surface area contributed by atoms with E-state index < -0.39 is 22.7 Å². The van der Waals surface area contributed by atoms with Gasteiger partial charge >= 0.3 is 0 Å². The summed E-state index contributed by atoms with van der Waals surface area (Å²) in [6.45, 7) is 0.472. The number of hydrogen-bond acceptors (Lipinski definition) is 8. The van der Waals surface area contributed by atoms with Crippen molar-refractivity contribution >= 4 is 28.8 Å². The second kappa shape index (κ2) is 17.0. The lowest BCUT2D eigenvalue weighted by atomic mass is 10.0. The number of aliphatic carboxylic acids is 1. The first-order chi connectivity index (χ1) is 19.8. The Hall–Kier alpha value is -3.98. The van der Waals surface area contributed by atoms with Gasteiger partial charge in [0.05, 0.1) is 37.1 Å². The summed E-state index contributed by atoms with van der Waals surface area (Å²) in [5.74, 6) is -1.07. The lowest BCUT2D eigenvalue weighted by molar-refractivity contribution is -0.297. The molecular weight excluding hydrogens is 542 g/mol. The minimum absolute atomic E-state index is 0.0264. The molecule has 1 unspecified atom stereocenters. The number of aromatic nitrogens is 1. The summed E-state index contributed by atoms with van der Waals surface area (Å²) in [4.78, 5) is 26.5. The fraction of sp³-hybridized carbons (Fsp3) is 0.344. The van der Waals surface area contributed by atoms with E-state index in [-0.39, 0.29) is 17.1 Å². The molecular formula is C32H35NO7S-2. The van der Waals surface area contributed by atoms with E-state index >= 15 is 0 Å². The lowest BCUT2D eigenvalue weighted by Crippen LogP contribution is -2.22. The number of pyridine rings is 1. The van der Waals surface area contributed by atoms with E-state index in [1.807, 2.05) is 12.1 Å². The monoisotopic (exact) mass is 577 g/mol.